The van der Waals surface area contributed by atoms with Gasteiger partial charge in [0.25, 0.3) is 0 Å². The number of Topliss-reactive ketones (excluding diaryl/α,β-unsaturated/α-hetero) is 1. The van der Waals surface area contributed by atoms with Crippen LogP contribution in [0.2, 0.25) is 0 Å². The van der Waals surface area contributed by atoms with Crippen LogP contribution in [0.15, 0.2) is 17.5 Å². The van der Waals surface area contributed by atoms with Crippen LogP contribution in [0.1, 0.15) is 69.0 Å². The number of carbonyl (C=O) groups is 1. The van der Waals surface area contributed by atoms with E-state index in [2.05, 4.69) is 0 Å². The van der Waals surface area contributed by atoms with E-state index in [1.54, 1.807) is 0 Å². The van der Waals surface area contributed by atoms with Gasteiger partial charge in [0.1, 0.15) is 0 Å². The molecule has 1 saturated carbocycles. The van der Waals surface area contributed by atoms with E-state index in [0.29, 0.717) is 5.92 Å². The maximum absolute atomic E-state index is 12.6. The Kier molecular flexibility index (Phi) is 5.97. The van der Waals surface area contributed by atoms with E-state index in [9.17, 15) is 4.79 Å². The lowest BCUT2D eigenvalue weighted by Gasteiger charge is -2.27. The van der Waals surface area contributed by atoms with Gasteiger partial charge in [-0.05, 0) is 44.6 Å². The number of hydrogen-bond donors (Lipinski definition) is 0. The Morgan fingerprint density at radius 3 is 2.62 bits per heavy atom. The molecule has 1 heterocycles. The molecule has 1 aliphatic rings. The van der Waals surface area contributed by atoms with Gasteiger partial charge < -0.3 is 0 Å². The third-order valence-electron chi connectivity index (χ3n) is 3.74. The van der Waals surface area contributed by atoms with Gasteiger partial charge in [-0.25, -0.2) is 9.78 Å². The van der Waals surface area contributed by atoms with E-state index < -0.39 is 11.7 Å². The van der Waals surface area contributed by atoms with Crippen molar-refractivity contribution in [3.05, 3.63) is 22.4 Å². The topological polar surface area (TPSA) is 35.5 Å². The van der Waals surface area contributed by atoms with Crippen LogP contribution in [0.4, 0.5) is 0 Å². The fraction of sp³-hybridized carbons (Fsp3) is 0.706. The van der Waals surface area contributed by atoms with Crippen molar-refractivity contribution in [1.82, 2.24) is 0 Å². The molecule has 1 unspecified atom stereocenters. The first-order chi connectivity index (χ1) is 9.96. The smallest absolute Gasteiger partial charge is 0.204 e. The van der Waals surface area contributed by atoms with Gasteiger partial charge >= 0.3 is 0 Å². The predicted octanol–water partition coefficient (Wildman–Crippen LogP) is 5.02. The summed E-state index contributed by atoms with van der Waals surface area (Å²) in [6.45, 7) is 5.79. The molecule has 1 aliphatic carbocycles. The van der Waals surface area contributed by atoms with Crippen molar-refractivity contribution in [2.45, 2.75) is 71.0 Å². The standard InChI is InChI=1S/C17H26O3S/c1-17(2,3)20-19-14(12-13-8-5-4-6-9-13)16(18)15-10-7-11-21-15/h7,10-11,13-14H,4-6,8-9,12H2,1-3H3. The van der Waals surface area contributed by atoms with Crippen LogP contribution in [0.5, 0.6) is 0 Å². The quantitative estimate of drug-likeness (QED) is 0.420. The third kappa shape index (κ3) is 5.53. The number of ketones is 1. The minimum Gasteiger partial charge on any atom is -0.290 e. The second-order valence-electron chi connectivity index (χ2n) is 6.86. The van der Waals surface area contributed by atoms with Crippen molar-refractivity contribution in [3.63, 3.8) is 0 Å². The first-order valence-corrected chi connectivity index (χ1v) is 8.76. The summed E-state index contributed by atoms with van der Waals surface area (Å²) >= 11 is 1.47. The summed E-state index contributed by atoms with van der Waals surface area (Å²) < 4.78 is 0. The molecular formula is C17H26O3S. The molecular weight excluding hydrogens is 284 g/mol. The highest BCUT2D eigenvalue weighted by molar-refractivity contribution is 7.12. The molecule has 0 N–H and O–H groups in total. The van der Waals surface area contributed by atoms with E-state index in [1.807, 2.05) is 38.3 Å². The maximum atomic E-state index is 12.6. The zero-order chi connectivity index (χ0) is 15.3. The molecule has 118 valence electrons. The van der Waals surface area contributed by atoms with Gasteiger partial charge in [0.05, 0.1) is 10.5 Å². The average molecular weight is 310 g/mol. The molecule has 0 aliphatic heterocycles. The number of rotatable bonds is 6. The predicted molar refractivity (Wildman–Crippen MR) is 85.6 cm³/mol. The molecule has 0 amide bonds. The number of thiophene rings is 1. The Balaban J connectivity index is 2.00. The van der Waals surface area contributed by atoms with Crippen molar-refractivity contribution < 1.29 is 14.6 Å². The SMILES string of the molecule is CC(C)(C)OOC(CC1CCCCC1)C(=O)c1cccs1. The lowest BCUT2D eigenvalue weighted by Crippen LogP contribution is -2.31. The molecule has 0 aromatic carbocycles. The van der Waals surface area contributed by atoms with Crippen LogP contribution in [0.25, 0.3) is 0 Å². The van der Waals surface area contributed by atoms with Gasteiger partial charge in [-0.1, -0.05) is 38.2 Å². The Morgan fingerprint density at radius 2 is 2.05 bits per heavy atom. The largest absolute Gasteiger partial charge is 0.290 e. The zero-order valence-corrected chi connectivity index (χ0v) is 14.1. The lowest BCUT2D eigenvalue weighted by atomic mass is 9.84. The summed E-state index contributed by atoms with van der Waals surface area (Å²) in [4.78, 5) is 24.3. The minimum atomic E-state index is -0.481. The first kappa shape index (κ1) is 16.7. The molecule has 1 aromatic heterocycles. The van der Waals surface area contributed by atoms with Gasteiger partial charge in [0.15, 0.2) is 6.10 Å². The van der Waals surface area contributed by atoms with Gasteiger partial charge in [0.2, 0.25) is 5.78 Å². The van der Waals surface area contributed by atoms with Crippen LogP contribution >= 0.6 is 11.3 Å². The van der Waals surface area contributed by atoms with Crippen LogP contribution < -0.4 is 0 Å². The Hall–Kier alpha value is -0.710. The zero-order valence-electron chi connectivity index (χ0n) is 13.3. The van der Waals surface area contributed by atoms with Crippen molar-refractivity contribution in [2.75, 3.05) is 0 Å². The summed E-state index contributed by atoms with van der Waals surface area (Å²) in [5, 5.41) is 1.93. The van der Waals surface area contributed by atoms with E-state index in [1.165, 1.54) is 43.4 Å². The molecule has 0 radical (unpaired) electrons. The average Bonchev–Trinajstić information content (AvgIpc) is 2.97. The Morgan fingerprint density at radius 1 is 1.33 bits per heavy atom. The van der Waals surface area contributed by atoms with Crippen molar-refractivity contribution in [1.29, 1.82) is 0 Å². The lowest BCUT2D eigenvalue weighted by molar-refractivity contribution is -0.364. The number of hydrogen-bond acceptors (Lipinski definition) is 4. The van der Waals surface area contributed by atoms with Gasteiger partial charge in [-0.3, -0.25) is 4.79 Å². The van der Waals surface area contributed by atoms with Gasteiger partial charge in [-0.2, -0.15) is 0 Å². The van der Waals surface area contributed by atoms with Crippen LogP contribution in [-0.2, 0) is 9.78 Å². The normalized spacial score (nSPS) is 18.6. The highest BCUT2D eigenvalue weighted by atomic mass is 32.1. The van der Waals surface area contributed by atoms with E-state index >= 15 is 0 Å². The Labute approximate surface area is 131 Å². The molecule has 21 heavy (non-hydrogen) atoms. The Bertz CT molecular complexity index is 427. The number of carbonyl (C=O) groups excluding carboxylic acids is 1. The second kappa shape index (κ2) is 7.52. The first-order valence-electron chi connectivity index (χ1n) is 7.88. The van der Waals surface area contributed by atoms with Gasteiger partial charge in [0, 0.05) is 0 Å². The van der Waals surface area contributed by atoms with Crippen LogP contribution in [-0.4, -0.2) is 17.5 Å². The molecule has 2 rings (SSSR count). The van der Waals surface area contributed by atoms with Crippen molar-refractivity contribution >= 4 is 17.1 Å². The van der Waals surface area contributed by atoms with Crippen molar-refractivity contribution in [2.24, 2.45) is 5.92 Å². The fourth-order valence-electron chi connectivity index (χ4n) is 2.70. The maximum Gasteiger partial charge on any atom is 0.204 e. The van der Waals surface area contributed by atoms with E-state index in [-0.39, 0.29) is 5.78 Å². The summed E-state index contributed by atoms with van der Waals surface area (Å²) in [6.07, 6.45) is 6.55. The molecule has 1 atom stereocenters. The summed E-state index contributed by atoms with van der Waals surface area (Å²) in [6, 6.07) is 3.77. The minimum absolute atomic E-state index is 0.0554. The molecule has 0 spiro atoms. The highest BCUT2D eigenvalue weighted by Gasteiger charge is 2.29. The van der Waals surface area contributed by atoms with Crippen LogP contribution in [0, 0.1) is 5.92 Å². The monoisotopic (exact) mass is 310 g/mol. The molecule has 1 fully saturated rings. The summed E-state index contributed by atoms with van der Waals surface area (Å²) in [5.41, 5.74) is -0.402. The summed E-state index contributed by atoms with van der Waals surface area (Å²) in [5.74, 6) is 0.635. The second-order valence-corrected chi connectivity index (χ2v) is 7.81. The van der Waals surface area contributed by atoms with Crippen LogP contribution in [0.3, 0.4) is 0 Å². The molecule has 0 bridgehead atoms. The molecule has 4 heteroatoms. The molecule has 0 saturated heterocycles. The van der Waals surface area contributed by atoms with E-state index in [0.717, 1.165) is 11.3 Å². The highest BCUT2D eigenvalue weighted by Crippen LogP contribution is 2.30. The molecule has 1 aromatic rings. The van der Waals surface area contributed by atoms with Crippen molar-refractivity contribution in [3.8, 4) is 0 Å². The van der Waals surface area contributed by atoms with Gasteiger partial charge in [-0.15, -0.1) is 11.3 Å². The fourth-order valence-corrected chi connectivity index (χ4v) is 3.40. The third-order valence-corrected chi connectivity index (χ3v) is 4.63. The molecule has 3 nitrogen and oxygen atoms in total. The summed E-state index contributed by atoms with van der Waals surface area (Å²) in [7, 11) is 0. The van der Waals surface area contributed by atoms with E-state index in [4.69, 9.17) is 9.78 Å².